The zero-order valence-electron chi connectivity index (χ0n) is 10.5. The van der Waals surface area contributed by atoms with E-state index in [-0.39, 0.29) is 11.8 Å². The summed E-state index contributed by atoms with van der Waals surface area (Å²) in [5.41, 5.74) is 0.992. The molecule has 0 unspecified atom stereocenters. The van der Waals surface area contributed by atoms with Gasteiger partial charge >= 0.3 is 0 Å². The van der Waals surface area contributed by atoms with Gasteiger partial charge in [0.05, 0.1) is 19.4 Å². The van der Waals surface area contributed by atoms with E-state index in [1.807, 2.05) is 25.1 Å². The van der Waals surface area contributed by atoms with E-state index in [4.69, 9.17) is 9.15 Å². The van der Waals surface area contributed by atoms with Gasteiger partial charge in [-0.15, -0.1) is 0 Å². The van der Waals surface area contributed by atoms with Crippen molar-refractivity contribution in [1.29, 1.82) is 0 Å². The fourth-order valence-corrected chi connectivity index (χ4v) is 1.75. The summed E-state index contributed by atoms with van der Waals surface area (Å²) in [6, 6.07) is 9.30. The fourth-order valence-electron chi connectivity index (χ4n) is 1.75. The van der Waals surface area contributed by atoms with Crippen LogP contribution in [-0.4, -0.2) is 12.2 Å². The molecule has 0 spiro atoms. The van der Waals surface area contributed by atoms with Gasteiger partial charge in [0.15, 0.2) is 11.5 Å². The van der Waals surface area contributed by atoms with Crippen molar-refractivity contribution < 1.29 is 14.3 Å². The van der Waals surface area contributed by atoms with Crippen molar-refractivity contribution in [3.8, 4) is 11.5 Å². The van der Waals surface area contributed by atoms with Crippen LogP contribution in [0.15, 0.2) is 41.0 Å². The third kappa shape index (κ3) is 2.84. The molecule has 1 heterocycles. The lowest BCUT2D eigenvalue weighted by atomic mass is 10.2. The second-order valence-corrected chi connectivity index (χ2v) is 4.12. The first kappa shape index (κ1) is 12.5. The summed E-state index contributed by atoms with van der Waals surface area (Å²) in [4.78, 5) is 0. The number of hydrogen-bond acceptors (Lipinski definition) is 4. The van der Waals surface area contributed by atoms with Crippen molar-refractivity contribution in [3.05, 3.63) is 47.9 Å². The van der Waals surface area contributed by atoms with Crippen molar-refractivity contribution >= 4 is 0 Å². The maximum atomic E-state index is 9.67. The number of furan rings is 1. The first-order chi connectivity index (χ1) is 8.70. The maximum Gasteiger partial charge on any atom is 0.160 e. The van der Waals surface area contributed by atoms with Crippen LogP contribution in [0.5, 0.6) is 11.5 Å². The molecule has 0 radical (unpaired) electrons. The molecule has 2 rings (SSSR count). The molecule has 0 aliphatic heterocycles. The molecular weight excluding hydrogens is 230 g/mol. The fraction of sp³-hybridized carbons (Fsp3) is 0.286. The molecule has 2 N–H and O–H groups in total. The van der Waals surface area contributed by atoms with Crippen LogP contribution < -0.4 is 10.1 Å². The lowest BCUT2D eigenvalue weighted by Gasteiger charge is -2.12. The highest BCUT2D eigenvalue weighted by Gasteiger charge is 2.08. The van der Waals surface area contributed by atoms with Crippen LogP contribution in [0.1, 0.15) is 24.3 Å². The summed E-state index contributed by atoms with van der Waals surface area (Å²) < 4.78 is 10.3. The molecule has 0 aliphatic rings. The van der Waals surface area contributed by atoms with Gasteiger partial charge in [-0.05, 0) is 36.8 Å². The summed E-state index contributed by atoms with van der Waals surface area (Å²) in [5.74, 6) is 1.54. The molecule has 96 valence electrons. The molecular formula is C14H17NO3. The van der Waals surface area contributed by atoms with E-state index in [1.54, 1.807) is 18.4 Å². The quantitative estimate of drug-likeness (QED) is 0.853. The van der Waals surface area contributed by atoms with Crippen LogP contribution >= 0.6 is 0 Å². The van der Waals surface area contributed by atoms with Gasteiger partial charge < -0.3 is 19.6 Å². The lowest BCUT2D eigenvalue weighted by molar-refractivity contribution is 0.372. The first-order valence-electron chi connectivity index (χ1n) is 5.83. The monoisotopic (exact) mass is 247 g/mol. The van der Waals surface area contributed by atoms with Gasteiger partial charge in [0.25, 0.3) is 0 Å². The van der Waals surface area contributed by atoms with Crippen LogP contribution in [0.25, 0.3) is 0 Å². The largest absolute Gasteiger partial charge is 0.504 e. The minimum Gasteiger partial charge on any atom is -0.504 e. The minimum atomic E-state index is 0.129. The number of phenols is 1. The average Bonchev–Trinajstić information content (AvgIpc) is 2.90. The third-order valence-corrected chi connectivity index (χ3v) is 2.83. The zero-order valence-corrected chi connectivity index (χ0v) is 10.5. The number of phenolic OH excluding ortho intramolecular Hbond substituents is 1. The number of rotatable bonds is 5. The van der Waals surface area contributed by atoms with Gasteiger partial charge in [-0.2, -0.15) is 0 Å². The van der Waals surface area contributed by atoms with Crippen molar-refractivity contribution in [1.82, 2.24) is 5.32 Å². The highest BCUT2D eigenvalue weighted by atomic mass is 16.5. The standard InChI is InChI=1S/C14H17NO3/c1-10(13-4-3-7-18-13)15-9-11-5-6-14(17-2)12(16)8-11/h3-8,10,15-16H,9H2,1-2H3/t10-/m0/s1. The Morgan fingerprint density at radius 2 is 2.22 bits per heavy atom. The highest BCUT2D eigenvalue weighted by molar-refractivity contribution is 5.41. The number of benzene rings is 1. The molecule has 0 saturated carbocycles. The molecule has 0 saturated heterocycles. The number of aromatic hydroxyl groups is 1. The molecule has 2 aromatic rings. The second kappa shape index (κ2) is 5.60. The summed E-state index contributed by atoms with van der Waals surface area (Å²) in [5, 5.41) is 13.0. The Hall–Kier alpha value is -1.94. The van der Waals surface area contributed by atoms with Gasteiger partial charge in [-0.3, -0.25) is 0 Å². The van der Waals surface area contributed by atoms with Gasteiger partial charge in [0.1, 0.15) is 5.76 Å². The number of methoxy groups -OCH3 is 1. The van der Waals surface area contributed by atoms with E-state index in [0.717, 1.165) is 11.3 Å². The van der Waals surface area contributed by atoms with Gasteiger partial charge in [-0.25, -0.2) is 0 Å². The summed E-state index contributed by atoms with van der Waals surface area (Å²) in [6.07, 6.45) is 1.66. The lowest BCUT2D eigenvalue weighted by Crippen LogP contribution is -2.17. The second-order valence-electron chi connectivity index (χ2n) is 4.12. The molecule has 0 amide bonds. The van der Waals surface area contributed by atoms with Crippen LogP contribution in [0.4, 0.5) is 0 Å². The van der Waals surface area contributed by atoms with Gasteiger partial charge in [0.2, 0.25) is 0 Å². The summed E-state index contributed by atoms with van der Waals surface area (Å²) >= 11 is 0. The topological polar surface area (TPSA) is 54.6 Å². The zero-order chi connectivity index (χ0) is 13.0. The number of hydrogen-bond donors (Lipinski definition) is 2. The molecule has 0 bridgehead atoms. The van der Waals surface area contributed by atoms with Crippen LogP contribution in [0.3, 0.4) is 0 Å². The molecule has 4 heteroatoms. The minimum absolute atomic E-state index is 0.129. The van der Waals surface area contributed by atoms with E-state index < -0.39 is 0 Å². The van der Waals surface area contributed by atoms with E-state index in [2.05, 4.69) is 5.32 Å². The molecule has 1 aromatic heterocycles. The number of nitrogens with one attached hydrogen (secondary N) is 1. The van der Waals surface area contributed by atoms with Gasteiger partial charge in [0, 0.05) is 6.54 Å². The van der Waals surface area contributed by atoms with Crippen molar-refractivity contribution in [2.75, 3.05) is 7.11 Å². The third-order valence-electron chi connectivity index (χ3n) is 2.83. The molecule has 18 heavy (non-hydrogen) atoms. The Bertz CT molecular complexity index is 494. The predicted octanol–water partition coefficient (Wildman–Crippen LogP) is 2.84. The normalized spacial score (nSPS) is 12.3. The smallest absolute Gasteiger partial charge is 0.160 e. The Balaban J connectivity index is 1.96. The van der Waals surface area contributed by atoms with E-state index in [0.29, 0.717) is 12.3 Å². The highest BCUT2D eigenvalue weighted by Crippen LogP contribution is 2.26. The number of ether oxygens (including phenoxy) is 1. The summed E-state index contributed by atoms with van der Waals surface area (Å²) in [7, 11) is 1.53. The SMILES string of the molecule is COc1ccc(CN[C@@H](C)c2ccco2)cc1O. The first-order valence-corrected chi connectivity index (χ1v) is 5.83. The van der Waals surface area contributed by atoms with Crippen molar-refractivity contribution in [3.63, 3.8) is 0 Å². The van der Waals surface area contributed by atoms with E-state index in [1.165, 1.54) is 7.11 Å². The average molecular weight is 247 g/mol. The predicted molar refractivity (Wildman–Crippen MR) is 68.6 cm³/mol. The Morgan fingerprint density at radius 3 is 2.83 bits per heavy atom. The Labute approximate surface area is 106 Å². The molecule has 1 atom stereocenters. The molecule has 0 fully saturated rings. The summed E-state index contributed by atoms with van der Waals surface area (Å²) in [6.45, 7) is 2.68. The molecule has 0 aliphatic carbocycles. The molecule has 1 aromatic carbocycles. The molecule has 4 nitrogen and oxygen atoms in total. The van der Waals surface area contributed by atoms with Crippen LogP contribution in [0, 0.1) is 0 Å². The van der Waals surface area contributed by atoms with E-state index >= 15 is 0 Å². The maximum absolute atomic E-state index is 9.67. The van der Waals surface area contributed by atoms with Crippen molar-refractivity contribution in [2.24, 2.45) is 0 Å². The van der Waals surface area contributed by atoms with Crippen LogP contribution in [-0.2, 0) is 6.54 Å². The van der Waals surface area contributed by atoms with Gasteiger partial charge in [-0.1, -0.05) is 6.07 Å². The van der Waals surface area contributed by atoms with E-state index in [9.17, 15) is 5.11 Å². The Morgan fingerprint density at radius 1 is 1.39 bits per heavy atom. The Kier molecular flexibility index (Phi) is 3.89. The van der Waals surface area contributed by atoms with Crippen LogP contribution in [0.2, 0.25) is 0 Å². The van der Waals surface area contributed by atoms with Crippen molar-refractivity contribution in [2.45, 2.75) is 19.5 Å².